The first-order chi connectivity index (χ1) is 11.3. The van der Waals surface area contributed by atoms with Crippen LogP contribution < -0.4 is 5.32 Å². The Kier molecular flexibility index (Phi) is 4.68. The topological polar surface area (TPSA) is 63.0 Å². The second-order valence-corrected chi connectivity index (χ2v) is 5.44. The van der Waals surface area contributed by atoms with Gasteiger partial charge in [-0.1, -0.05) is 12.1 Å². The minimum absolute atomic E-state index is 0.178. The maximum atomic E-state index is 8.95. The van der Waals surface area contributed by atoms with Crippen molar-refractivity contribution in [2.75, 3.05) is 11.9 Å². The third kappa shape index (κ3) is 3.76. The Morgan fingerprint density at radius 3 is 2.52 bits per heavy atom. The Hall–Kier alpha value is -2.66. The summed E-state index contributed by atoms with van der Waals surface area (Å²) in [4.78, 5) is 4.06. The zero-order valence-electron chi connectivity index (χ0n) is 13.1. The van der Waals surface area contributed by atoms with Crippen molar-refractivity contribution in [3.8, 4) is 11.3 Å². The fourth-order valence-electron chi connectivity index (χ4n) is 2.54. The number of aromatic nitrogens is 3. The number of hydrogen-bond acceptors (Lipinski definition) is 4. The molecule has 5 nitrogen and oxygen atoms in total. The van der Waals surface area contributed by atoms with Crippen molar-refractivity contribution in [2.45, 2.75) is 13.0 Å². The molecule has 0 saturated carbocycles. The molecule has 0 bridgehead atoms. The zero-order valence-corrected chi connectivity index (χ0v) is 13.1. The lowest BCUT2D eigenvalue weighted by molar-refractivity contribution is 0.299. The quantitative estimate of drug-likeness (QED) is 0.735. The van der Waals surface area contributed by atoms with Gasteiger partial charge in [0.05, 0.1) is 5.69 Å². The summed E-state index contributed by atoms with van der Waals surface area (Å²) in [5.74, 6) is 0. The molecule has 0 aliphatic rings. The van der Waals surface area contributed by atoms with E-state index < -0.39 is 0 Å². The summed E-state index contributed by atoms with van der Waals surface area (Å²) in [6.45, 7) is 0.878. The first kappa shape index (κ1) is 15.2. The number of hydrogen-bond donors (Lipinski definition) is 2. The van der Waals surface area contributed by atoms with Crippen LogP contribution in [0.3, 0.4) is 0 Å². The van der Waals surface area contributed by atoms with Crippen LogP contribution >= 0.6 is 0 Å². The van der Waals surface area contributed by atoms with Crippen LogP contribution in [0, 0.1) is 0 Å². The van der Waals surface area contributed by atoms with Gasteiger partial charge in [-0.25, -0.2) is 0 Å². The van der Waals surface area contributed by atoms with Gasteiger partial charge >= 0.3 is 0 Å². The van der Waals surface area contributed by atoms with Crippen molar-refractivity contribution >= 4 is 5.69 Å². The third-order valence-electron chi connectivity index (χ3n) is 3.70. The maximum absolute atomic E-state index is 8.95. The Bertz CT molecular complexity index is 750. The van der Waals surface area contributed by atoms with Gasteiger partial charge in [-0.15, -0.1) is 0 Å². The number of pyridine rings is 1. The molecule has 118 valence electrons. The lowest BCUT2D eigenvalue weighted by Gasteiger charge is -2.07. The monoisotopic (exact) mass is 308 g/mol. The molecular weight excluding hydrogens is 288 g/mol. The number of nitrogens with zero attached hydrogens (tertiary/aromatic N) is 3. The molecule has 0 atom stereocenters. The van der Waals surface area contributed by atoms with Crippen molar-refractivity contribution in [3.05, 3.63) is 66.1 Å². The van der Waals surface area contributed by atoms with Gasteiger partial charge in [0.15, 0.2) is 0 Å². The lowest BCUT2D eigenvalue weighted by atomic mass is 10.1. The largest absolute Gasteiger partial charge is 0.396 e. The van der Waals surface area contributed by atoms with E-state index in [1.807, 2.05) is 54.3 Å². The molecule has 2 heterocycles. The smallest absolute Gasteiger partial charge is 0.0973 e. The van der Waals surface area contributed by atoms with Crippen LogP contribution in [0.4, 0.5) is 5.69 Å². The van der Waals surface area contributed by atoms with Crippen molar-refractivity contribution in [1.29, 1.82) is 0 Å². The molecule has 0 radical (unpaired) electrons. The molecule has 0 fully saturated rings. The van der Waals surface area contributed by atoms with Gasteiger partial charge in [0.25, 0.3) is 0 Å². The first-order valence-electron chi connectivity index (χ1n) is 7.63. The molecule has 0 amide bonds. The summed E-state index contributed by atoms with van der Waals surface area (Å²) < 4.78 is 1.83. The molecule has 0 aliphatic carbocycles. The highest BCUT2D eigenvalue weighted by Crippen LogP contribution is 2.22. The SMILES string of the molecule is Cn1cc(CNc2ccc(CCO)cc2)c(-c2ccncc2)n1. The summed E-state index contributed by atoms with van der Waals surface area (Å²) in [7, 11) is 1.93. The fourth-order valence-corrected chi connectivity index (χ4v) is 2.54. The summed E-state index contributed by atoms with van der Waals surface area (Å²) in [5, 5.41) is 16.9. The van der Waals surface area contributed by atoms with Gasteiger partial charge in [-0.2, -0.15) is 5.10 Å². The van der Waals surface area contributed by atoms with Gasteiger partial charge in [-0.3, -0.25) is 9.67 Å². The van der Waals surface area contributed by atoms with E-state index in [1.165, 1.54) is 0 Å². The highest BCUT2D eigenvalue weighted by molar-refractivity contribution is 5.62. The molecule has 2 aromatic heterocycles. The molecular formula is C18H20N4O. The zero-order chi connectivity index (χ0) is 16.1. The number of nitrogens with one attached hydrogen (secondary N) is 1. The van der Waals surface area contributed by atoms with E-state index in [-0.39, 0.29) is 6.61 Å². The molecule has 5 heteroatoms. The van der Waals surface area contributed by atoms with Crippen LogP contribution in [0.1, 0.15) is 11.1 Å². The summed E-state index contributed by atoms with van der Waals surface area (Å²) in [6.07, 6.45) is 6.28. The molecule has 0 aliphatic heterocycles. The van der Waals surface area contributed by atoms with Gasteiger partial charge in [-0.05, 0) is 36.2 Å². The molecule has 0 spiro atoms. The minimum Gasteiger partial charge on any atom is -0.396 e. The number of aliphatic hydroxyl groups excluding tert-OH is 1. The Balaban J connectivity index is 1.73. The molecule has 0 unspecified atom stereocenters. The number of rotatable bonds is 6. The van der Waals surface area contributed by atoms with Crippen LogP contribution in [-0.2, 0) is 20.0 Å². The van der Waals surface area contributed by atoms with Crippen LogP contribution in [-0.4, -0.2) is 26.5 Å². The van der Waals surface area contributed by atoms with Crippen LogP contribution in [0.5, 0.6) is 0 Å². The number of aliphatic hydroxyl groups is 1. The van der Waals surface area contributed by atoms with Crippen molar-refractivity contribution in [1.82, 2.24) is 14.8 Å². The molecule has 23 heavy (non-hydrogen) atoms. The third-order valence-corrected chi connectivity index (χ3v) is 3.70. The van der Waals surface area contributed by atoms with Crippen LogP contribution in [0.25, 0.3) is 11.3 Å². The standard InChI is InChI=1S/C18H20N4O/c1-22-13-16(18(21-22)15-6-9-19-10-7-15)12-20-17-4-2-14(3-5-17)8-11-23/h2-7,9-10,13,20,23H,8,11-12H2,1H3. The van der Waals surface area contributed by atoms with E-state index in [4.69, 9.17) is 5.11 Å². The highest BCUT2D eigenvalue weighted by Gasteiger charge is 2.09. The summed E-state index contributed by atoms with van der Waals surface area (Å²) in [5.41, 5.74) is 5.36. The second-order valence-electron chi connectivity index (χ2n) is 5.44. The molecule has 2 N–H and O–H groups in total. The van der Waals surface area contributed by atoms with E-state index in [1.54, 1.807) is 12.4 Å². The molecule has 3 aromatic rings. The Labute approximate surface area is 135 Å². The van der Waals surface area contributed by atoms with Gasteiger partial charge in [0.1, 0.15) is 0 Å². The van der Waals surface area contributed by atoms with E-state index in [9.17, 15) is 0 Å². The van der Waals surface area contributed by atoms with Crippen molar-refractivity contribution in [3.63, 3.8) is 0 Å². The Morgan fingerprint density at radius 2 is 1.83 bits per heavy atom. The highest BCUT2D eigenvalue weighted by atomic mass is 16.2. The molecule has 3 rings (SSSR count). The number of anilines is 1. The lowest BCUT2D eigenvalue weighted by Crippen LogP contribution is -2.00. The normalized spacial score (nSPS) is 10.7. The summed E-state index contributed by atoms with van der Waals surface area (Å²) >= 11 is 0. The predicted molar refractivity (Wildman–Crippen MR) is 91.0 cm³/mol. The summed E-state index contributed by atoms with van der Waals surface area (Å²) in [6, 6.07) is 12.1. The number of benzene rings is 1. The van der Waals surface area contributed by atoms with Gasteiger partial charge in [0.2, 0.25) is 0 Å². The maximum Gasteiger partial charge on any atom is 0.0973 e. The average molecular weight is 308 g/mol. The van der Waals surface area contributed by atoms with E-state index in [2.05, 4.69) is 15.4 Å². The second kappa shape index (κ2) is 7.07. The van der Waals surface area contributed by atoms with Crippen LogP contribution in [0.2, 0.25) is 0 Å². The first-order valence-corrected chi connectivity index (χ1v) is 7.63. The minimum atomic E-state index is 0.178. The van der Waals surface area contributed by atoms with Crippen molar-refractivity contribution in [2.24, 2.45) is 7.05 Å². The predicted octanol–water partition coefficient (Wildman–Crippen LogP) is 2.63. The van der Waals surface area contributed by atoms with Gasteiger partial charge < -0.3 is 10.4 Å². The van der Waals surface area contributed by atoms with Gasteiger partial charge in [0, 0.05) is 55.6 Å². The van der Waals surface area contributed by atoms with E-state index >= 15 is 0 Å². The van der Waals surface area contributed by atoms with Crippen molar-refractivity contribution < 1.29 is 5.11 Å². The molecule has 1 aromatic carbocycles. The molecule has 0 saturated heterocycles. The number of aryl methyl sites for hydroxylation is 1. The van der Waals surface area contributed by atoms with E-state index in [0.29, 0.717) is 13.0 Å². The van der Waals surface area contributed by atoms with Crippen LogP contribution in [0.15, 0.2) is 55.0 Å². The Morgan fingerprint density at radius 1 is 1.09 bits per heavy atom. The average Bonchev–Trinajstić information content (AvgIpc) is 2.96. The van der Waals surface area contributed by atoms with E-state index in [0.717, 1.165) is 28.1 Å². The fraction of sp³-hybridized carbons (Fsp3) is 0.222.